The molecule has 0 atom stereocenters. The number of rotatable bonds is 5. The minimum absolute atomic E-state index is 0.0350. The van der Waals surface area contributed by atoms with Gasteiger partial charge in [0.2, 0.25) is 15.9 Å². The third-order valence-electron chi connectivity index (χ3n) is 2.39. The van der Waals surface area contributed by atoms with Crippen molar-refractivity contribution in [1.29, 1.82) is 0 Å². The molecule has 6 nitrogen and oxygen atoms in total. The van der Waals surface area contributed by atoms with Gasteiger partial charge in [-0.25, -0.2) is 17.5 Å². The number of nitrogens with two attached hydrogens (primary N) is 1. The van der Waals surface area contributed by atoms with Crippen LogP contribution in [0.5, 0.6) is 0 Å². The maximum absolute atomic E-state index is 12.8. The summed E-state index contributed by atoms with van der Waals surface area (Å²) in [5.41, 5.74) is 5.28. The van der Waals surface area contributed by atoms with Crippen molar-refractivity contribution < 1.29 is 17.6 Å². The fraction of sp³-hybridized carbons (Fsp3) is 0.364. The average molecular weight is 289 g/mol. The zero-order valence-electron chi connectivity index (χ0n) is 10.7. The van der Waals surface area contributed by atoms with Crippen molar-refractivity contribution in [2.75, 3.05) is 26.4 Å². The summed E-state index contributed by atoms with van der Waals surface area (Å²) in [4.78, 5) is 12.5. The molecule has 0 unspecified atom stereocenters. The van der Waals surface area contributed by atoms with E-state index >= 15 is 0 Å². The molecule has 0 fully saturated rings. The van der Waals surface area contributed by atoms with E-state index in [-0.39, 0.29) is 29.5 Å². The van der Waals surface area contributed by atoms with Crippen LogP contribution in [0.15, 0.2) is 23.1 Å². The van der Waals surface area contributed by atoms with Gasteiger partial charge in [-0.1, -0.05) is 0 Å². The first-order valence-corrected chi connectivity index (χ1v) is 6.97. The molecule has 1 aromatic carbocycles. The van der Waals surface area contributed by atoms with Crippen molar-refractivity contribution in [2.45, 2.75) is 11.3 Å². The Morgan fingerprint density at radius 1 is 1.42 bits per heavy atom. The molecule has 0 aliphatic heterocycles. The van der Waals surface area contributed by atoms with Gasteiger partial charge in [0, 0.05) is 27.1 Å². The van der Waals surface area contributed by atoms with Crippen LogP contribution in [0.2, 0.25) is 0 Å². The Balaban J connectivity index is 2.74. The number of halogens is 1. The molecule has 106 valence electrons. The van der Waals surface area contributed by atoms with Crippen molar-refractivity contribution in [2.24, 2.45) is 0 Å². The first-order chi connectivity index (χ1) is 8.74. The molecule has 0 spiro atoms. The summed E-state index contributed by atoms with van der Waals surface area (Å²) < 4.78 is 38.8. The lowest BCUT2D eigenvalue weighted by molar-refractivity contribution is -0.128. The van der Waals surface area contributed by atoms with E-state index in [1.54, 1.807) is 14.1 Å². The number of carbonyl (C=O) groups is 1. The maximum atomic E-state index is 12.8. The van der Waals surface area contributed by atoms with Crippen molar-refractivity contribution in [1.82, 2.24) is 9.62 Å². The number of nitrogens with one attached hydrogen (secondary N) is 1. The lowest BCUT2D eigenvalue weighted by atomic mass is 10.3. The molecular weight excluding hydrogens is 273 g/mol. The topological polar surface area (TPSA) is 92.5 Å². The van der Waals surface area contributed by atoms with E-state index in [0.29, 0.717) is 0 Å². The number of hydrogen-bond acceptors (Lipinski definition) is 4. The monoisotopic (exact) mass is 289 g/mol. The van der Waals surface area contributed by atoms with Gasteiger partial charge in [0.05, 0.1) is 5.69 Å². The Labute approximate surface area is 111 Å². The highest BCUT2D eigenvalue weighted by molar-refractivity contribution is 7.89. The maximum Gasteiger partial charge on any atom is 0.242 e. The standard InChI is InChI=1S/C11H16FN3O3S/c1-15(2)11(16)5-6-14-19(17,18)10-4-3-8(12)7-9(10)13/h3-4,7,14H,5-6,13H2,1-2H3. The fourth-order valence-corrected chi connectivity index (χ4v) is 2.50. The van der Waals surface area contributed by atoms with Gasteiger partial charge in [0.1, 0.15) is 10.7 Å². The fourth-order valence-electron chi connectivity index (χ4n) is 1.36. The highest BCUT2D eigenvalue weighted by Gasteiger charge is 2.18. The number of hydrogen-bond donors (Lipinski definition) is 2. The molecule has 0 radical (unpaired) electrons. The largest absolute Gasteiger partial charge is 0.398 e. The SMILES string of the molecule is CN(C)C(=O)CCNS(=O)(=O)c1ccc(F)cc1N. The molecule has 0 heterocycles. The average Bonchev–Trinajstić information content (AvgIpc) is 2.27. The summed E-state index contributed by atoms with van der Waals surface area (Å²) in [7, 11) is -0.685. The van der Waals surface area contributed by atoms with Crippen LogP contribution in [0.4, 0.5) is 10.1 Å². The van der Waals surface area contributed by atoms with Crippen LogP contribution in [0.3, 0.4) is 0 Å². The van der Waals surface area contributed by atoms with E-state index in [4.69, 9.17) is 5.73 Å². The van der Waals surface area contributed by atoms with Gasteiger partial charge in [-0.15, -0.1) is 0 Å². The summed E-state index contributed by atoms with van der Waals surface area (Å²) in [6, 6.07) is 3.02. The number of amides is 1. The van der Waals surface area contributed by atoms with Crippen LogP contribution < -0.4 is 10.5 Å². The van der Waals surface area contributed by atoms with Gasteiger partial charge >= 0.3 is 0 Å². The van der Waals surface area contributed by atoms with Crippen LogP contribution in [-0.4, -0.2) is 39.9 Å². The van der Waals surface area contributed by atoms with Gasteiger partial charge < -0.3 is 10.6 Å². The van der Waals surface area contributed by atoms with E-state index in [1.807, 2.05) is 0 Å². The Hall–Kier alpha value is -1.67. The zero-order chi connectivity index (χ0) is 14.6. The van der Waals surface area contributed by atoms with E-state index in [0.717, 1.165) is 18.2 Å². The molecule has 0 aromatic heterocycles. The second-order valence-electron chi connectivity index (χ2n) is 4.12. The van der Waals surface area contributed by atoms with Gasteiger partial charge in [-0.05, 0) is 18.2 Å². The lowest BCUT2D eigenvalue weighted by Gasteiger charge is -2.11. The highest BCUT2D eigenvalue weighted by atomic mass is 32.2. The smallest absolute Gasteiger partial charge is 0.242 e. The van der Waals surface area contributed by atoms with Gasteiger partial charge in [0.25, 0.3) is 0 Å². The van der Waals surface area contributed by atoms with E-state index < -0.39 is 15.8 Å². The first-order valence-electron chi connectivity index (χ1n) is 5.49. The highest BCUT2D eigenvalue weighted by Crippen LogP contribution is 2.18. The molecule has 0 saturated heterocycles. The second-order valence-corrected chi connectivity index (χ2v) is 5.85. The van der Waals surface area contributed by atoms with Gasteiger partial charge in [-0.3, -0.25) is 4.79 Å². The van der Waals surface area contributed by atoms with Gasteiger partial charge in [-0.2, -0.15) is 0 Å². The van der Waals surface area contributed by atoms with Crippen LogP contribution in [0, 0.1) is 5.82 Å². The number of sulfonamides is 1. The summed E-state index contributed by atoms with van der Waals surface area (Å²) in [5, 5.41) is 0. The Morgan fingerprint density at radius 2 is 2.05 bits per heavy atom. The summed E-state index contributed by atoms with van der Waals surface area (Å²) in [5.74, 6) is -0.811. The third kappa shape index (κ3) is 4.18. The van der Waals surface area contributed by atoms with Crippen molar-refractivity contribution in [3.05, 3.63) is 24.0 Å². The summed E-state index contributed by atoms with van der Waals surface area (Å²) in [6.45, 7) is -0.0455. The van der Waals surface area contributed by atoms with Crippen LogP contribution in [0.1, 0.15) is 6.42 Å². The lowest BCUT2D eigenvalue weighted by Crippen LogP contribution is -2.30. The van der Waals surface area contributed by atoms with Crippen LogP contribution in [-0.2, 0) is 14.8 Å². The second kappa shape index (κ2) is 5.98. The van der Waals surface area contributed by atoms with Crippen molar-refractivity contribution >= 4 is 21.6 Å². The Bertz CT molecular complexity index is 573. The number of anilines is 1. The predicted molar refractivity (Wildman–Crippen MR) is 69.3 cm³/mol. The first kappa shape index (κ1) is 15.4. The molecule has 0 bridgehead atoms. The van der Waals surface area contributed by atoms with E-state index in [9.17, 15) is 17.6 Å². The normalized spacial score (nSPS) is 11.3. The van der Waals surface area contributed by atoms with Crippen molar-refractivity contribution in [3.8, 4) is 0 Å². The number of nitrogens with zero attached hydrogens (tertiary/aromatic N) is 1. The molecular formula is C11H16FN3O3S. The molecule has 8 heteroatoms. The minimum atomic E-state index is -3.84. The predicted octanol–water partition coefficient (Wildman–Crippen LogP) is 0.164. The quantitative estimate of drug-likeness (QED) is 0.755. The zero-order valence-corrected chi connectivity index (χ0v) is 11.5. The molecule has 0 aliphatic carbocycles. The Morgan fingerprint density at radius 3 is 2.58 bits per heavy atom. The molecule has 0 saturated carbocycles. The molecule has 3 N–H and O–H groups in total. The van der Waals surface area contributed by atoms with Gasteiger partial charge in [0.15, 0.2) is 0 Å². The van der Waals surface area contributed by atoms with E-state index in [1.165, 1.54) is 4.90 Å². The molecule has 0 aliphatic rings. The minimum Gasteiger partial charge on any atom is -0.398 e. The molecule has 1 aromatic rings. The molecule has 1 rings (SSSR count). The third-order valence-corrected chi connectivity index (χ3v) is 3.93. The van der Waals surface area contributed by atoms with Crippen molar-refractivity contribution in [3.63, 3.8) is 0 Å². The molecule has 1 amide bonds. The molecule has 19 heavy (non-hydrogen) atoms. The van der Waals surface area contributed by atoms with Crippen LogP contribution in [0.25, 0.3) is 0 Å². The number of carbonyl (C=O) groups excluding carboxylic acids is 1. The Kier molecular flexibility index (Phi) is 4.84. The number of benzene rings is 1. The van der Waals surface area contributed by atoms with Crippen LogP contribution >= 0.6 is 0 Å². The summed E-state index contributed by atoms with van der Waals surface area (Å²) >= 11 is 0. The summed E-state index contributed by atoms with van der Waals surface area (Å²) in [6.07, 6.45) is 0.0350. The van der Waals surface area contributed by atoms with E-state index in [2.05, 4.69) is 4.72 Å². The number of nitrogen functional groups attached to an aromatic ring is 1.